The molecule has 1 fully saturated rings. The molecule has 0 spiro atoms. The van der Waals surface area contributed by atoms with Crippen molar-refractivity contribution in [3.05, 3.63) is 0 Å². The van der Waals surface area contributed by atoms with Crippen LogP contribution in [0.15, 0.2) is 0 Å². The zero-order chi connectivity index (χ0) is 13.2. The molecule has 1 aliphatic carbocycles. The van der Waals surface area contributed by atoms with E-state index in [4.69, 9.17) is 0 Å². The second kappa shape index (κ2) is 5.07. The van der Waals surface area contributed by atoms with Gasteiger partial charge in [-0.05, 0) is 30.6 Å². The third-order valence-corrected chi connectivity index (χ3v) is 4.21. The van der Waals surface area contributed by atoms with Crippen molar-refractivity contribution < 1.29 is 14.7 Å². The van der Waals surface area contributed by atoms with Crippen LogP contribution < -0.4 is 0 Å². The maximum Gasteiger partial charge on any atom is 0.329 e. The molecule has 17 heavy (non-hydrogen) atoms. The first-order chi connectivity index (χ1) is 7.86. The first-order valence-electron chi connectivity index (χ1n) is 6.27. The number of amides is 1. The van der Waals surface area contributed by atoms with Crippen LogP contribution in [-0.4, -0.2) is 35.0 Å². The van der Waals surface area contributed by atoms with Gasteiger partial charge in [0.15, 0.2) is 0 Å². The molecule has 0 radical (unpaired) electrons. The number of likely N-dealkylation sites (N-methyl/N-ethyl adjacent to an activating group) is 1. The van der Waals surface area contributed by atoms with Crippen molar-refractivity contribution in [3.63, 3.8) is 0 Å². The molecule has 0 aromatic heterocycles. The summed E-state index contributed by atoms with van der Waals surface area (Å²) in [7, 11) is 1.59. The second-order valence-electron chi connectivity index (χ2n) is 5.68. The third kappa shape index (κ3) is 2.31. The summed E-state index contributed by atoms with van der Waals surface area (Å²) in [6.07, 6.45) is 3.13. The van der Waals surface area contributed by atoms with Crippen molar-refractivity contribution in [2.45, 2.75) is 45.6 Å². The Kier molecular flexibility index (Phi) is 4.17. The van der Waals surface area contributed by atoms with Crippen molar-refractivity contribution in [1.82, 2.24) is 4.90 Å². The van der Waals surface area contributed by atoms with Gasteiger partial charge in [0.25, 0.3) is 0 Å². The molecule has 3 unspecified atom stereocenters. The van der Waals surface area contributed by atoms with Crippen LogP contribution in [-0.2, 0) is 9.59 Å². The average molecular weight is 241 g/mol. The second-order valence-corrected chi connectivity index (χ2v) is 5.68. The highest BCUT2D eigenvalue weighted by Crippen LogP contribution is 2.44. The molecule has 1 saturated carbocycles. The fourth-order valence-corrected chi connectivity index (χ4v) is 3.27. The van der Waals surface area contributed by atoms with E-state index < -0.39 is 11.5 Å². The number of carbonyl (C=O) groups excluding carboxylic acids is 1. The molecule has 1 amide bonds. The number of hydrogen-bond donors (Lipinski definition) is 1. The van der Waals surface area contributed by atoms with Crippen molar-refractivity contribution in [2.24, 2.45) is 17.8 Å². The van der Waals surface area contributed by atoms with Crippen LogP contribution in [0.25, 0.3) is 0 Å². The first-order valence-corrected chi connectivity index (χ1v) is 6.27. The van der Waals surface area contributed by atoms with Gasteiger partial charge in [-0.2, -0.15) is 0 Å². The zero-order valence-corrected chi connectivity index (χ0v) is 11.1. The normalized spacial score (nSPS) is 33.5. The molecule has 0 aromatic carbocycles. The monoisotopic (exact) mass is 241 g/mol. The van der Waals surface area contributed by atoms with Crippen LogP contribution in [0.5, 0.6) is 0 Å². The van der Waals surface area contributed by atoms with E-state index in [1.165, 1.54) is 4.90 Å². The Hall–Kier alpha value is -1.06. The van der Waals surface area contributed by atoms with Crippen LogP contribution in [0, 0.1) is 17.8 Å². The minimum Gasteiger partial charge on any atom is -0.479 e. The number of hydrogen-bond acceptors (Lipinski definition) is 2. The SMILES string of the molecule is CC1CCC(C(C)C)C(C(=O)O)(N(C)C=O)C1. The average Bonchev–Trinajstić information content (AvgIpc) is 2.26. The topological polar surface area (TPSA) is 57.6 Å². The number of carbonyl (C=O) groups is 2. The zero-order valence-electron chi connectivity index (χ0n) is 11.1. The van der Waals surface area contributed by atoms with Crippen LogP contribution >= 0.6 is 0 Å². The molecule has 0 bridgehead atoms. The molecule has 0 heterocycles. The lowest BCUT2D eigenvalue weighted by molar-refractivity contribution is -0.164. The van der Waals surface area contributed by atoms with Gasteiger partial charge in [0.05, 0.1) is 0 Å². The summed E-state index contributed by atoms with van der Waals surface area (Å²) in [6, 6.07) is 0. The third-order valence-electron chi connectivity index (χ3n) is 4.21. The predicted octanol–water partition coefficient (Wildman–Crippen LogP) is 1.99. The van der Waals surface area contributed by atoms with Crippen molar-refractivity contribution >= 4 is 12.4 Å². The summed E-state index contributed by atoms with van der Waals surface area (Å²) in [4.78, 5) is 24.2. The van der Waals surface area contributed by atoms with E-state index >= 15 is 0 Å². The largest absolute Gasteiger partial charge is 0.479 e. The van der Waals surface area contributed by atoms with Gasteiger partial charge in [0, 0.05) is 7.05 Å². The highest BCUT2D eigenvalue weighted by molar-refractivity contribution is 5.82. The molecular weight excluding hydrogens is 218 g/mol. The lowest BCUT2D eigenvalue weighted by Gasteiger charge is -2.48. The Bertz CT molecular complexity index is 303. The van der Waals surface area contributed by atoms with Crippen LogP contribution in [0.4, 0.5) is 0 Å². The van der Waals surface area contributed by atoms with E-state index in [1.54, 1.807) is 7.05 Å². The van der Waals surface area contributed by atoms with Gasteiger partial charge in [-0.1, -0.05) is 27.2 Å². The number of carboxylic acids is 1. The minimum atomic E-state index is -1.02. The van der Waals surface area contributed by atoms with E-state index in [-0.39, 0.29) is 11.8 Å². The number of aliphatic carboxylic acids is 1. The maximum atomic E-state index is 11.7. The van der Waals surface area contributed by atoms with Crippen molar-refractivity contribution in [3.8, 4) is 0 Å². The predicted molar refractivity (Wildman–Crippen MR) is 65.5 cm³/mol. The lowest BCUT2D eigenvalue weighted by Crippen LogP contribution is -2.61. The van der Waals surface area contributed by atoms with Gasteiger partial charge < -0.3 is 10.0 Å². The molecule has 0 aliphatic heterocycles. The number of rotatable bonds is 4. The summed E-state index contributed by atoms with van der Waals surface area (Å²) < 4.78 is 0. The summed E-state index contributed by atoms with van der Waals surface area (Å²) >= 11 is 0. The highest BCUT2D eigenvalue weighted by atomic mass is 16.4. The summed E-state index contributed by atoms with van der Waals surface area (Å²) in [5.74, 6) is -0.215. The Labute approximate surface area is 103 Å². The molecule has 0 saturated heterocycles. The smallest absolute Gasteiger partial charge is 0.329 e. The lowest BCUT2D eigenvalue weighted by atomic mass is 9.64. The van der Waals surface area contributed by atoms with Crippen molar-refractivity contribution in [2.75, 3.05) is 7.05 Å². The quantitative estimate of drug-likeness (QED) is 0.766. The van der Waals surface area contributed by atoms with Crippen LogP contribution in [0.3, 0.4) is 0 Å². The molecule has 1 rings (SSSR count). The minimum absolute atomic E-state index is 0.0337. The Morgan fingerprint density at radius 2 is 2.06 bits per heavy atom. The number of nitrogens with zero attached hydrogens (tertiary/aromatic N) is 1. The number of carboxylic acid groups (broad SMARTS) is 1. The molecule has 3 atom stereocenters. The highest BCUT2D eigenvalue weighted by Gasteiger charge is 2.52. The van der Waals surface area contributed by atoms with Crippen LogP contribution in [0.1, 0.15) is 40.0 Å². The van der Waals surface area contributed by atoms with Gasteiger partial charge in [-0.15, -0.1) is 0 Å². The molecule has 0 aromatic rings. The molecular formula is C13H23NO3. The molecule has 1 N–H and O–H groups in total. The summed E-state index contributed by atoms with van der Waals surface area (Å²) in [6.45, 7) is 6.14. The first kappa shape index (κ1) is 14.0. The van der Waals surface area contributed by atoms with E-state index in [0.29, 0.717) is 18.7 Å². The van der Waals surface area contributed by atoms with E-state index in [9.17, 15) is 14.7 Å². The van der Waals surface area contributed by atoms with Gasteiger partial charge in [-0.25, -0.2) is 4.79 Å². The van der Waals surface area contributed by atoms with E-state index in [0.717, 1.165) is 12.8 Å². The van der Waals surface area contributed by atoms with E-state index in [2.05, 4.69) is 6.92 Å². The fourth-order valence-electron chi connectivity index (χ4n) is 3.27. The molecule has 98 valence electrons. The van der Waals surface area contributed by atoms with Gasteiger partial charge in [-0.3, -0.25) is 4.79 Å². The van der Waals surface area contributed by atoms with Gasteiger partial charge >= 0.3 is 5.97 Å². The Morgan fingerprint density at radius 1 is 1.47 bits per heavy atom. The standard InChI is InChI=1S/C13H23NO3/c1-9(2)11-6-5-10(3)7-13(11,12(16)17)14(4)8-15/h8-11H,5-7H2,1-4H3,(H,16,17). The molecule has 4 heteroatoms. The molecule has 4 nitrogen and oxygen atoms in total. The maximum absolute atomic E-state index is 11.7. The van der Waals surface area contributed by atoms with Crippen LogP contribution in [0.2, 0.25) is 0 Å². The van der Waals surface area contributed by atoms with Gasteiger partial charge in [0.2, 0.25) is 6.41 Å². The Morgan fingerprint density at radius 3 is 2.47 bits per heavy atom. The van der Waals surface area contributed by atoms with Gasteiger partial charge in [0.1, 0.15) is 5.54 Å². The van der Waals surface area contributed by atoms with E-state index in [1.807, 2.05) is 13.8 Å². The van der Waals surface area contributed by atoms with Crippen molar-refractivity contribution in [1.29, 1.82) is 0 Å². The summed E-state index contributed by atoms with van der Waals surface area (Å²) in [5.41, 5.74) is -1.02. The molecule has 1 aliphatic rings. The fraction of sp³-hybridized carbons (Fsp3) is 0.846. The Balaban J connectivity index is 3.19. The summed E-state index contributed by atoms with van der Waals surface area (Å²) in [5, 5.41) is 9.63.